The first-order chi connectivity index (χ1) is 22.7. The van der Waals surface area contributed by atoms with Crippen LogP contribution in [0.4, 0.5) is 11.4 Å². The van der Waals surface area contributed by atoms with Crippen LogP contribution in [-0.4, -0.2) is 67.5 Å². The summed E-state index contributed by atoms with van der Waals surface area (Å²) in [5.41, 5.74) is 5.89. The highest BCUT2D eigenvalue weighted by Gasteiger charge is 2.25. The summed E-state index contributed by atoms with van der Waals surface area (Å²) in [5, 5.41) is 3.95. The van der Waals surface area contributed by atoms with E-state index < -0.39 is 0 Å². The number of rotatable bonds is 6. The quantitative estimate of drug-likeness (QED) is 0.208. The van der Waals surface area contributed by atoms with Gasteiger partial charge >= 0.3 is 5.69 Å². The third kappa shape index (κ3) is 8.20. The minimum absolute atomic E-state index is 0.115. The van der Waals surface area contributed by atoms with E-state index in [1.54, 1.807) is 18.2 Å². The van der Waals surface area contributed by atoms with Gasteiger partial charge in [0.15, 0.2) is 7.11 Å². The summed E-state index contributed by atoms with van der Waals surface area (Å²) in [4.78, 5) is 42.6. The molecule has 4 aromatic rings. The molecule has 1 unspecified atom stereocenters. The van der Waals surface area contributed by atoms with Crippen LogP contribution in [0, 0.1) is 16.7 Å². The maximum Gasteiger partial charge on any atom is 0.317 e. The Kier molecular flexibility index (Phi) is 12.2. The number of aromatic amines is 1. The van der Waals surface area contributed by atoms with Crippen molar-refractivity contribution < 1.29 is 14.6 Å². The summed E-state index contributed by atoms with van der Waals surface area (Å²) in [7, 11) is 7.48. The van der Waals surface area contributed by atoms with Gasteiger partial charge in [-0.1, -0.05) is 76.1 Å². The molecule has 6 rings (SSSR count). The SMILES string of the molecule is CC.CC1N=C(N(C)C)c2ccccc2N1C.CO[N+](=O)c1ccc2[nH]c(C(=O)NCC3CCC(C)CC3)c(-c3ccccc3)c2c1. The molecule has 1 atom stereocenters. The topological polar surface area (TPSA) is 93.0 Å². The molecule has 2 heterocycles. The van der Waals surface area contributed by atoms with Crippen LogP contribution in [0.25, 0.3) is 22.0 Å². The average molecular weight is 640 g/mol. The number of benzene rings is 3. The fraction of sp³-hybridized carbons (Fsp3) is 0.421. The lowest BCUT2D eigenvalue weighted by Gasteiger charge is -2.33. The Bertz CT molecular complexity index is 1670. The van der Waals surface area contributed by atoms with Gasteiger partial charge in [-0.3, -0.25) is 4.79 Å². The number of hydrogen-bond donors (Lipinski definition) is 2. The third-order valence-corrected chi connectivity index (χ3v) is 8.95. The van der Waals surface area contributed by atoms with Gasteiger partial charge in [0.05, 0.1) is 4.91 Å². The van der Waals surface area contributed by atoms with Crippen LogP contribution in [0.1, 0.15) is 69.4 Å². The first-order valence-electron chi connectivity index (χ1n) is 16.8. The van der Waals surface area contributed by atoms with Gasteiger partial charge in [-0.2, -0.15) is 0 Å². The van der Waals surface area contributed by atoms with E-state index in [9.17, 15) is 9.70 Å². The highest BCUT2D eigenvalue weighted by Crippen LogP contribution is 2.35. The maximum absolute atomic E-state index is 13.2. The highest BCUT2D eigenvalue weighted by atomic mass is 16.8. The Morgan fingerprint density at radius 2 is 1.66 bits per heavy atom. The molecule has 2 N–H and O–H groups in total. The average Bonchev–Trinajstić information content (AvgIpc) is 3.49. The molecule has 3 aromatic carbocycles. The fourth-order valence-electron chi connectivity index (χ4n) is 6.19. The standard InChI is InChI=1S/C24H27N3O3.C12H17N3.C2H6/c1-16-8-10-17(11-9-16)15-25-24(28)23-22(18-6-4-3-5-7-18)20-14-19(27(29)30-2)12-13-21(20)26-23;1-9-13-12(14(2)3)10-7-5-6-8-11(10)15(9)4;1-2/h3-7,12-14,16-17H,8-11,15H2,1-2H3,(H-,25,26,28,29);5-9H,1-4H3;1-2H3/p+1. The summed E-state index contributed by atoms with van der Waals surface area (Å²) < 4.78 is 0. The minimum Gasteiger partial charge on any atom is -0.362 e. The van der Waals surface area contributed by atoms with Crippen molar-refractivity contribution in [2.45, 2.75) is 59.5 Å². The molecule has 1 saturated carbocycles. The number of nitrogens with zero attached hydrogens (tertiary/aromatic N) is 4. The van der Waals surface area contributed by atoms with Crippen LogP contribution in [0.3, 0.4) is 0 Å². The number of aliphatic imine (C=N–C) groups is 1. The Morgan fingerprint density at radius 3 is 2.32 bits per heavy atom. The van der Waals surface area contributed by atoms with Crippen LogP contribution in [0.2, 0.25) is 0 Å². The van der Waals surface area contributed by atoms with Gasteiger partial charge in [-0.25, -0.2) is 9.83 Å². The van der Waals surface area contributed by atoms with Crippen molar-refractivity contribution in [1.29, 1.82) is 0 Å². The summed E-state index contributed by atoms with van der Waals surface area (Å²) in [6, 6.07) is 23.4. The number of para-hydroxylation sites is 1. The van der Waals surface area contributed by atoms with E-state index in [0.29, 0.717) is 28.8 Å². The molecule has 47 heavy (non-hydrogen) atoms. The van der Waals surface area contributed by atoms with Crippen molar-refractivity contribution in [3.8, 4) is 11.1 Å². The van der Waals surface area contributed by atoms with Gasteiger partial charge in [-0.05, 0) is 55.4 Å². The number of amidine groups is 1. The van der Waals surface area contributed by atoms with Crippen molar-refractivity contribution in [3.05, 3.63) is 89.0 Å². The molecule has 1 fully saturated rings. The molecule has 0 spiro atoms. The van der Waals surface area contributed by atoms with Crippen LogP contribution in [-0.2, 0) is 4.84 Å². The van der Waals surface area contributed by atoms with E-state index in [1.807, 2.05) is 58.3 Å². The molecular weight excluding hydrogens is 588 g/mol. The number of amides is 1. The molecule has 0 saturated heterocycles. The Hall–Kier alpha value is -4.66. The fourth-order valence-corrected chi connectivity index (χ4v) is 6.19. The molecule has 1 aromatic heterocycles. The van der Waals surface area contributed by atoms with E-state index in [0.717, 1.165) is 33.8 Å². The zero-order valence-electron chi connectivity index (χ0n) is 29.2. The zero-order chi connectivity index (χ0) is 34.1. The van der Waals surface area contributed by atoms with E-state index in [-0.39, 0.29) is 12.1 Å². The number of carbonyl (C=O) groups is 1. The second-order valence-corrected chi connectivity index (χ2v) is 12.4. The Labute approximate surface area is 279 Å². The number of aromatic nitrogens is 1. The zero-order valence-corrected chi connectivity index (χ0v) is 29.2. The van der Waals surface area contributed by atoms with Crippen molar-refractivity contribution in [1.82, 2.24) is 15.2 Å². The van der Waals surface area contributed by atoms with Crippen LogP contribution >= 0.6 is 0 Å². The minimum atomic E-state index is -0.115. The lowest BCUT2D eigenvalue weighted by atomic mass is 9.83. The molecule has 1 aliphatic carbocycles. The molecule has 250 valence electrons. The predicted octanol–water partition coefficient (Wildman–Crippen LogP) is 8.18. The smallest absolute Gasteiger partial charge is 0.317 e. The summed E-state index contributed by atoms with van der Waals surface area (Å²) >= 11 is 0. The maximum atomic E-state index is 13.2. The molecule has 2 aliphatic rings. The normalized spacial score (nSPS) is 18.4. The van der Waals surface area contributed by atoms with Crippen molar-refractivity contribution >= 4 is 34.0 Å². The van der Waals surface area contributed by atoms with Gasteiger partial charge in [0, 0.05) is 67.5 Å². The largest absolute Gasteiger partial charge is 0.362 e. The molecule has 0 radical (unpaired) electrons. The number of nitrogens with one attached hydrogen (secondary N) is 2. The monoisotopic (exact) mass is 639 g/mol. The van der Waals surface area contributed by atoms with E-state index >= 15 is 0 Å². The molecular formula is C38H51N6O3+. The predicted molar refractivity (Wildman–Crippen MR) is 193 cm³/mol. The Morgan fingerprint density at radius 1 is 1.00 bits per heavy atom. The van der Waals surface area contributed by atoms with Crippen molar-refractivity contribution in [2.24, 2.45) is 16.8 Å². The summed E-state index contributed by atoms with van der Waals surface area (Å²) in [5.74, 6) is 2.28. The second kappa shape index (κ2) is 16.3. The number of hydrogen-bond acceptors (Lipinski definition) is 6. The highest BCUT2D eigenvalue weighted by molar-refractivity contribution is 6.10. The molecule has 1 amide bonds. The van der Waals surface area contributed by atoms with Gasteiger partial charge in [0.2, 0.25) is 0 Å². The van der Waals surface area contributed by atoms with Gasteiger partial charge in [-0.15, -0.1) is 0 Å². The first-order valence-corrected chi connectivity index (χ1v) is 16.8. The lowest BCUT2D eigenvalue weighted by molar-refractivity contribution is -0.736. The summed E-state index contributed by atoms with van der Waals surface area (Å²) in [6.45, 7) is 9.10. The Balaban J connectivity index is 0.000000246. The number of fused-ring (bicyclic) bond motifs is 2. The van der Waals surface area contributed by atoms with Gasteiger partial charge < -0.3 is 20.1 Å². The number of carbonyl (C=O) groups excluding carboxylic acids is 1. The molecule has 9 heteroatoms. The van der Waals surface area contributed by atoms with E-state index in [2.05, 4.69) is 70.3 Å². The number of H-pyrrole nitrogens is 1. The first kappa shape index (κ1) is 35.2. The third-order valence-electron chi connectivity index (χ3n) is 8.95. The van der Waals surface area contributed by atoms with E-state index in [4.69, 9.17) is 4.84 Å². The van der Waals surface area contributed by atoms with E-state index in [1.165, 1.54) is 44.0 Å². The van der Waals surface area contributed by atoms with Crippen molar-refractivity contribution in [2.75, 3.05) is 39.7 Å². The van der Waals surface area contributed by atoms with Gasteiger partial charge in [0.1, 0.15) is 17.7 Å². The van der Waals surface area contributed by atoms with Crippen LogP contribution in [0.5, 0.6) is 0 Å². The number of anilines is 1. The van der Waals surface area contributed by atoms with Crippen LogP contribution < -0.4 is 10.2 Å². The molecule has 1 aliphatic heterocycles. The van der Waals surface area contributed by atoms with Crippen molar-refractivity contribution in [3.63, 3.8) is 0 Å². The summed E-state index contributed by atoms with van der Waals surface area (Å²) in [6.07, 6.45) is 5.00. The molecule has 0 bridgehead atoms. The van der Waals surface area contributed by atoms with Crippen LogP contribution in [0.15, 0.2) is 77.8 Å². The molecule has 9 nitrogen and oxygen atoms in total. The second-order valence-electron chi connectivity index (χ2n) is 12.4. The lowest BCUT2D eigenvalue weighted by Crippen LogP contribution is -2.37. The van der Waals surface area contributed by atoms with Gasteiger partial charge in [0.25, 0.3) is 10.8 Å².